The number of carbonyl (C=O) groups is 2. The monoisotopic (exact) mass is 551 g/mol. The molecular weight excluding hydrogens is 525 g/mol. The number of carbonyl (C=O) groups excluding carboxylic acids is 2. The van der Waals surface area contributed by atoms with Crippen molar-refractivity contribution in [3.63, 3.8) is 0 Å². The Balaban J connectivity index is 1.87. The van der Waals surface area contributed by atoms with Gasteiger partial charge in [0.2, 0.25) is 0 Å². The van der Waals surface area contributed by atoms with Gasteiger partial charge >= 0.3 is 0 Å². The minimum absolute atomic E-state index is 0.116. The molecule has 7 heteroatoms. The molecule has 0 spiro atoms. The van der Waals surface area contributed by atoms with E-state index in [4.69, 9.17) is 9.47 Å². The fourth-order valence-electron chi connectivity index (χ4n) is 3.23. The van der Waals surface area contributed by atoms with Gasteiger partial charge in [-0.25, -0.2) is 0 Å². The molecule has 1 fully saturated rings. The van der Waals surface area contributed by atoms with Gasteiger partial charge in [-0.05, 0) is 90.9 Å². The summed E-state index contributed by atoms with van der Waals surface area (Å²) < 4.78 is 12.8. The van der Waals surface area contributed by atoms with Crippen molar-refractivity contribution in [3.8, 4) is 11.5 Å². The molecule has 0 radical (unpaired) electrons. The van der Waals surface area contributed by atoms with E-state index in [1.807, 2.05) is 45.0 Å². The van der Waals surface area contributed by atoms with Crippen LogP contribution in [0.25, 0.3) is 6.08 Å². The summed E-state index contributed by atoms with van der Waals surface area (Å²) in [6, 6.07) is 11.9. The van der Waals surface area contributed by atoms with E-state index in [2.05, 4.69) is 41.6 Å². The maximum atomic E-state index is 12.7. The summed E-state index contributed by atoms with van der Waals surface area (Å²) >= 11 is 3.20. The highest BCUT2D eigenvalue weighted by molar-refractivity contribution is 14.1. The number of halogens is 1. The number of amides is 2. The Labute approximate surface area is 201 Å². The highest BCUT2D eigenvalue weighted by Crippen LogP contribution is 2.38. The molecular formula is C24H26INO4S. The van der Waals surface area contributed by atoms with Gasteiger partial charge in [-0.3, -0.25) is 14.5 Å². The van der Waals surface area contributed by atoms with Crippen molar-refractivity contribution < 1.29 is 19.1 Å². The van der Waals surface area contributed by atoms with Crippen LogP contribution in [0.15, 0.2) is 41.3 Å². The predicted molar refractivity (Wildman–Crippen MR) is 133 cm³/mol. The first kappa shape index (κ1) is 23.7. The zero-order valence-electron chi connectivity index (χ0n) is 18.1. The molecule has 3 rings (SSSR count). The lowest BCUT2D eigenvalue weighted by atomic mass is 10.1. The molecule has 31 heavy (non-hydrogen) atoms. The van der Waals surface area contributed by atoms with Crippen LogP contribution >= 0.6 is 34.4 Å². The van der Waals surface area contributed by atoms with Gasteiger partial charge in [0.05, 0.1) is 15.1 Å². The summed E-state index contributed by atoms with van der Waals surface area (Å²) in [6.45, 7) is 8.74. The lowest BCUT2D eigenvalue weighted by Gasteiger charge is -2.19. The molecule has 0 bridgehead atoms. The number of benzene rings is 2. The van der Waals surface area contributed by atoms with Crippen LogP contribution in [0.5, 0.6) is 11.5 Å². The number of thioether (sulfide) groups is 1. The lowest BCUT2D eigenvalue weighted by Crippen LogP contribution is -2.36. The second kappa shape index (κ2) is 10.5. The van der Waals surface area contributed by atoms with E-state index in [1.54, 1.807) is 6.08 Å². The Morgan fingerprint density at radius 3 is 2.61 bits per heavy atom. The largest absolute Gasteiger partial charge is 0.490 e. The van der Waals surface area contributed by atoms with E-state index in [9.17, 15) is 9.59 Å². The maximum absolute atomic E-state index is 12.7. The van der Waals surface area contributed by atoms with E-state index in [1.165, 1.54) is 10.5 Å². The van der Waals surface area contributed by atoms with Gasteiger partial charge in [0.25, 0.3) is 11.1 Å². The van der Waals surface area contributed by atoms with Crippen LogP contribution in [0.4, 0.5) is 4.79 Å². The zero-order valence-corrected chi connectivity index (χ0v) is 21.1. The molecule has 164 valence electrons. The van der Waals surface area contributed by atoms with Crippen LogP contribution in [0.3, 0.4) is 0 Å². The van der Waals surface area contributed by atoms with Gasteiger partial charge < -0.3 is 9.47 Å². The molecule has 1 aliphatic heterocycles. The number of rotatable bonds is 8. The van der Waals surface area contributed by atoms with Gasteiger partial charge in [-0.2, -0.15) is 0 Å². The smallest absolute Gasteiger partial charge is 0.293 e. The number of nitrogens with zero attached hydrogens (tertiary/aromatic N) is 1. The Morgan fingerprint density at radius 1 is 1.16 bits per heavy atom. The third-order valence-corrected chi connectivity index (χ3v) is 6.64. The van der Waals surface area contributed by atoms with Gasteiger partial charge in [-0.15, -0.1) is 0 Å². The molecule has 2 aromatic carbocycles. The van der Waals surface area contributed by atoms with Crippen LogP contribution in [0.1, 0.15) is 43.9 Å². The Hall–Kier alpha value is -2.00. The maximum Gasteiger partial charge on any atom is 0.293 e. The summed E-state index contributed by atoms with van der Waals surface area (Å²) in [5, 5.41) is -0.219. The molecule has 2 aromatic rings. The summed E-state index contributed by atoms with van der Waals surface area (Å²) in [4.78, 5) is 26.8. The topological polar surface area (TPSA) is 55.8 Å². The van der Waals surface area contributed by atoms with Crippen LogP contribution in [0, 0.1) is 10.5 Å². The molecule has 1 aliphatic rings. The van der Waals surface area contributed by atoms with Crippen molar-refractivity contribution in [1.29, 1.82) is 0 Å². The molecule has 0 aromatic heterocycles. The third kappa shape index (κ3) is 5.63. The molecule has 0 saturated carbocycles. The Bertz CT molecular complexity index is 1020. The molecule has 1 saturated heterocycles. The van der Waals surface area contributed by atoms with Gasteiger partial charge in [0.1, 0.15) is 6.61 Å². The molecule has 0 aliphatic carbocycles. The number of aryl methyl sites for hydroxylation is 1. The molecule has 1 heterocycles. The van der Waals surface area contributed by atoms with Crippen LogP contribution in [-0.4, -0.2) is 28.7 Å². The van der Waals surface area contributed by atoms with Gasteiger partial charge in [-0.1, -0.05) is 36.8 Å². The van der Waals surface area contributed by atoms with Gasteiger partial charge in [0, 0.05) is 6.04 Å². The van der Waals surface area contributed by atoms with E-state index in [-0.39, 0.29) is 17.2 Å². The van der Waals surface area contributed by atoms with Crippen molar-refractivity contribution in [1.82, 2.24) is 4.90 Å². The highest BCUT2D eigenvalue weighted by atomic mass is 127. The Morgan fingerprint density at radius 2 is 1.94 bits per heavy atom. The van der Waals surface area contributed by atoms with Crippen molar-refractivity contribution in [3.05, 3.63) is 61.6 Å². The van der Waals surface area contributed by atoms with Gasteiger partial charge in [0.15, 0.2) is 11.5 Å². The second-order valence-corrected chi connectivity index (χ2v) is 9.51. The quantitative estimate of drug-likeness (QED) is 0.280. The van der Waals surface area contributed by atoms with Crippen molar-refractivity contribution in [2.75, 3.05) is 6.61 Å². The number of imide groups is 1. The van der Waals surface area contributed by atoms with E-state index >= 15 is 0 Å². The second-order valence-electron chi connectivity index (χ2n) is 7.35. The van der Waals surface area contributed by atoms with E-state index < -0.39 is 0 Å². The van der Waals surface area contributed by atoms with Crippen molar-refractivity contribution in [2.24, 2.45) is 0 Å². The lowest BCUT2D eigenvalue weighted by molar-refractivity contribution is -0.124. The van der Waals surface area contributed by atoms with Crippen LogP contribution < -0.4 is 9.47 Å². The molecule has 0 unspecified atom stereocenters. The molecule has 5 nitrogen and oxygen atoms in total. The Kier molecular flexibility index (Phi) is 8.05. The number of hydrogen-bond acceptors (Lipinski definition) is 5. The van der Waals surface area contributed by atoms with Crippen LogP contribution in [-0.2, 0) is 11.4 Å². The normalized spacial score (nSPS) is 16.2. The summed E-state index contributed by atoms with van der Waals surface area (Å²) in [5.74, 6) is 1.06. The standard InChI is InChI=1S/C24H26INO4S/c1-5-16(4)26-23(27)21(31-24(26)28)13-18-11-19(25)22(20(12-18)29-6-2)30-14-17-9-7-8-15(3)10-17/h7-13,16H,5-6,14H2,1-4H3/b21-13+/t16-/m0/s1. The van der Waals surface area contributed by atoms with Crippen molar-refractivity contribution in [2.45, 2.75) is 46.8 Å². The third-order valence-electron chi connectivity index (χ3n) is 4.95. The average Bonchev–Trinajstić information content (AvgIpc) is 3.00. The first-order valence-corrected chi connectivity index (χ1v) is 12.1. The van der Waals surface area contributed by atoms with Crippen molar-refractivity contribution >= 4 is 51.6 Å². The predicted octanol–water partition coefficient (Wildman–Crippen LogP) is 6.41. The SMILES string of the molecule is CCOc1cc(/C=C2/SC(=O)N([C@@H](C)CC)C2=O)cc(I)c1OCc1cccc(C)c1. The molecule has 1 atom stereocenters. The van der Waals surface area contributed by atoms with E-state index in [0.717, 1.165) is 32.9 Å². The van der Waals surface area contributed by atoms with E-state index in [0.29, 0.717) is 29.6 Å². The first-order valence-electron chi connectivity index (χ1n) is 10.3. The summed E-state index contributed by atoms with van der Waals surface area (Å²) in [6.07, 6.45) is 2.48. The first-order chi connectivity index (χ1) is 14.8. The fraction of sp³-hybridized carbons (Fsp3) is 0.333. The minimum Gasteiger partial charge on any atom is -0.490 e. The highest BCUT2D eigenvalue weighted by Gasteiger charge is 2.37. The minimum atomic E-state index is -0.239. The fourth-order valence-corrected chi connectivity index (χ4v) is 4.94. The average molecular weight is 551 g/mol. The molecule has 0 N–H and O–H groups in total. The number of hydrogen-bond donors (Lipinski definition) is 0. The zero-order chi connectivity index (χ0) is 22.5. The number of ether oxygens (including phenoxy) is 2. The molecule has 2 amide bonds. The summed E-state index contributed by atoms with van der Waals surface area (Å²) in [7, 11) is 0. The van der Waals surface area contributed by atoms with Crippen LogP contribution in [0.2, 0.25) is 0 Å². The summed E-state index contributed by atoms with van der Waals surface area (Å²) in [5.41, 5.74) is 3.06.